The number of rotatable bonds is 11. The maximum absolute atomic E-state index is 12.4. The highest BCUT2D eigenvalue weighted by atomic mass is 79.9. The number of nitrogens with one attached hydrogen (secondary N) is 1. The third kappa shape index (κ3) is 7.43. The Morgan fingerprint density at radius 1 is 1.00 bits per heavy atom. The molecule has 1 amide bonds. The Morgan fingerprint density at radius 2 is 1.81 bits per heavy atom. The van der Waals surface area contributed by atoms with Crippen LogP contribution in [-0.4, -0.2) is 18.7 Å². The molecule has 4 aromatic carbocycles. The number of ether oxygens (including phenoxy) is 2. The van der Waals surface area contributed by atoms with Gasteiger partial charge in [-0.15, -0.1) is 0 Å². The van der Waals surface area contributed by atoms with Crippen LogP contribution in [0.4, 0.5) is 0 Å². The number of halogens is 1. The Morgan fingerprint density at radius 3 is 2.59 bits per heavy atom. The molecule has 0 bridgehead atoms. The van der Waals surface area contributed by atoms with Crippen LogP contribution in [0.25, 0.3) is 10.8 Å². The van der Waals surface area contributed by atoms with E-state index in [-0.39, 0.29) is 12.5 Å². The lowest BCUT2D eigenvalue weighted by atomic mass is 9.97. The minimum atomic E-state index is -0.337. The van der Waals surface area contributed by atoms with E-state index >= 15 is 0 Å². The molecule has 1 atom stereocenters. The Balaban J connectivity index is 1.39. The molecule has 0 saturated heterocycles. The summed E-state index contributed by atoms with van der Waals surface area (Å²) in [7, 11) is 0. The van der Waals surface area contributed by atoms with E-state index in [4.69, 9.17) is 9.47 Å². The van der Waals surface area contributed by atoms with Gasteiger partial charge in [-0.25, -0.2) is 5.43 Å². The second kappa shape index (κ2) is 13.1. The van der Waals surface area contributed by atoms with Gasteiger partial charge in [-0.1, -0.05) is 90.8 Å². The summed E-state index contributed by atoms with van der Waals surface area (Å²) in [5, 5.41) is 6.25. The first-order chi connectivity index (χ1) is 18.0. The second-order valence-electron chi connectivity index (χ2n) is 8.96. The number of benzene rings is 4. The van der Waals surface area contributed by atoms with Gasteiger partial charge in [0.2, 0.25) is 0 Å². The lowest BCUT2D eigenvalue weighted by Crippen LogP contribution is -2.24. The van der Waals surface area contributed by atoms with Crippen molar-refractivity contribution in [2.75, 3.05) is 6.61 Å². The summed E-state index contributed by atoms with van der Waals surface area (Å²) in [4.78, 5) is 12.4. The van der Waals surface area contributed by atoms with Crippen molar-refractivity contribution in [2.45, 2.75) is 39.2 Å². The lowest BCUT2D eigenvalue weighted by Gasteiger charge is -2.12. The quantitative estimate of drug-likeness (QED) is 0.152. The summed E-state index contributed by atoms with van der Waals surface area (Å²) >= 11 is 3.50. The average molecular weight is 560 g/mol. The molecule has 0 aliphatic rings. The van der Waals surface area contributed by atoms with Crippen LogP contribution in [0.2, 0.25) is 0 Å². The molecular formula is C31H31BrN2O3. The maximum atomic E-state index is 12.4. The summed E-state index contributed by atoms with van der Waals surface area (Å²) in [5.41, 5.74) is 5.68. The van der Waals surface area contributed by atoms with Crippen LogP contribution in [0.5, 0.6) is 11.5 Å². The molecule has 0 aliphatic carbocycles. The van der Waals surface area contributed by atoms with E-state index in [1.54, 1.807) is 6.21 Å². The van der Waals surface area contributed by atoms with Gasteiger partial charge in [-0.2, -0.15) is 5.10 Å². The predicted molar refractivity (Wildman–Crippen MR) is 153 cm³/mol. The Labute approximate surface area is 226 Å². The molecule has 0 aromatic heterocycles. The van der Waals surface area contributed by atoms with Crippen molar-refractivity contribution < 1.29 is 14.3 Å². The van der Waals surface area contributed by atoms with E-state index in [0.29, 0.717) is 24.0 Å². The van der Waals surface area contributed by atoms with E-state index in [2.05, 4.69) is 52.4 Å². The van der Waals surface area contributed by atoms with Gasteiger partial charge in [0.1, 0.15) is 18.1 Å². The summed E-state index contributed by atoms with van der Waals surface area (Å²) in [6.45, 7) is 4.70. The van der Waals surface area contributed by atoms with Crippen LogP contribution in [0.1, 0.15) is 49.3 Å². The average Bonchev–Trinajstić information content (AvgIpc) is 2.91. The maximum Gasteiger partial charge on any atom is 0.277 e. The molecule has 0 saturated carbocycles. The third-order valence-electron chi connectivity index (χ3n) is 6.14. The van der Waals surface area contributed by atoms with Gasteiger partial charge in [0.25, 0.3) is 5.91 Å². The number of amides is 1. The lowest BCUT2D eigenvalue weighted by molar-refractivity contribution is -0.123. The van der Waals surface area contributed by atoms with Crippen molar-refractivity contribution in [3.63, 3.8) is 0 Å². The van der Waals surface area contributed by atoms with E-state index in [9.17, 15) is 4.79 Å². The van der Waals surface area contributed by atoms with Crippen LogP contribution in [0, 0.1) is 0 Å². The summed E-state index contributed by atoms with van der Waals surface area (Å²) in [6, 6.07) is 27.9. The van der Waals surface area contributed by atoms with Gasteiger partial charge < -0.3 is 9.47 Å². The molecule has 6 heteroatoms. The van der Waals surface area contributed by atoms with Gasteiger partial charge in [0.15, 0.2) is 6.61 Å². The van der Waals surface area contributed by atoms with Crippen molar-refractivity contribution in [3.05, 3.63) is 106 Å². The van der Waals surface area contributed by atoms with Crippen LogP contribution in [0.3, 0.4) is 0 Å². The molecule has 1 N–H and O–H groups in total. The third-order valence-corrected chi connectivity index (χ3v) is 6.63. The van der Waals surface area contributed by atoms with Crippen LogP contribution < -0.4 is 14.9 Å². The van der Waals surface area contributed by atoms with Gasteiger partial charge in [-0.05, 0) is 64.6 Å². The van der Waals surface area contributed by atoms with Crippen LogP contribution >= 0.6 is 15.9 Å². The van der Waals surface area contributed by atoms with Crippen molar-refractivity contribution in [2.24, 2.45) is 5.10 Å². The molecule has 0 heterocycles. The fourth-order valence-corrected chi connectivity index (χ4v) is 4.61. The fourth-order valence-electron chi connectivity index (χ4n) is 4.16. The topological polar surface area (TPSA) is 59.9 Å². The van der Waals surface area contributed by atoms with Gasteiger partial charge in [0, 0.05) is 10.0 Å². The van der Waals surface area contributed by atoms with E-state index in [1.807, 2.05) is 72.8 Å². The van der Waals surface area contributed by atoms with Crippen LogP contribution in [0.15, 0.2) is 94.5 Å². The van der Waals surface area contributed by atoms with Crippen molar-refractivity contribution in [3.8, 4) is 11.5 Å². The highest BCUT2D eigenvalue weighted by molar-refractivity contribution is 9.10. The standard InChI is InChI=1S/C31H31BrN2O3/c1-3-7-22(2)24-12-15-27(16-13-24)36-21-31(35)34-33-19-29-28-11-5-4-9-25(28)14-17-30(29)37-20-23-8-6-10-26(32)18-23/h4-6,8-19,22H,3,7,20-21H2,1-2H3,(H,34,35)/b33-19-/t22-/m1/s1. The summed E-state index contributed by atoms with van der Waals surface area (Å²) < 4.78 is 12.8. The van der Waals surface area contributed by atoms with Gasteiger partial charge in [-0.3, -0.25) is 4.79 Å². The molecule has 5 nitrogen and oxygen atoms in total. The normalized spacial score (nSPS) is 12.0. The first-order valence-corrected chi connectivity index (χ1v) is 13.3. The molecule has 0 radical (unpaired) electrons. The summed E-state index contributed by atoms with van der Waals surface area (Å²) in [6.07, 6.45) is 3.92. The molecule has 0 unspecified atom stereocenters. The molecule has 0 aliphatic heterocycles. The Kier molecular flexibility index (Phi) is 9.33. The molecule has 4 aromatic rings. The largest absolute Gasteiger partial charge is 0.488 e. The Hall–Kier alpha value is -3.64. The molecular weight excluding hydrogens is 528 g/mol. The molecule has 0 spiro atoms. The number of nitrogens with zero attached hydrogens (tertiary/aromatic N) is 1. The zero-order valence-corrected chi connectivity index (χ0v) is 22.7. The SMILES string of the molecule is CCC[C@@H](C)c1ccc(OCC(=O)N/N=C\c2c(OCc3cccc(Br)c3)ccc3ccccc23)cc1. The number of hydrogen-bond acceptors (Lipinski definition) is 4. The number of carbonyl (C=O) groups is 1. The molecule has 37 heavy (non-hydrogen) atoms. The number of hydrazone groups is 1. The predicted octanol–water partition coefficient (Wildman–Crippen LogP) is 7.61. The van der Waals surface area contributed by atoms with E-state index in [0.717, 1.165) is 39.2 Å². The summed E-state index contributed by atoms with van der Waals surface area (Å²) in [5.74, 6) is 1.51. The van der Waals surface area contributed by atoms with Gasteiger partial charge in [0.05, 0.1) is 6.21 Å². The fraction of sp³-hybridized carbons (Fsp3) is 0.226. The zero-order chi connectivity index (χ0) is 26.0. The highest BCUT2D eigenvalue weighted by Crippen LogP contribution is 2.28. The minimum absolute atomic E-state index is 0.122. The molecule has 190 valence electrons. The highest BCUT2D eigenvalue weighted by Gasteiger charge is 2.09. The molecule has 0 fully saturated rings. The zero-order valence-electron chi connectivity index (χ0n) is 21.1. The van der Waals surface area contributed by atoms with Crippen molar-refractivity contribution in [1.29, 1.82) is 0 Å². The number of fused-ring (bicyclic) bond motifs is 1. The van der Waals surface area contributed by atoms with Crippen LogP contribution in [-0.2, 0) is 11.4 Å². The smallest absolute Gasteiger partial charge is 0.277 e. The number of carbonyl (C=O) groups excluding carboxylic acids is 1. The number of hydrogen-bond donors (Lipinski definition) is 1. The van der Waals surface area contributed by atoms with E-state index in [1.165, 1.54) is 5.56 Å². The van der Waals surface area contributed by atoms with Crippen molar-refractivity contribution in [1.82, 2.24) is 5.43 Å². The van der Waals surface area contributed by atoms with Crippen molar-refractivity contribution >= 4 is 38.8 Å². The molecule has 4 rings (SSSR count). The monoisotopic (exact) mass is 558 g/mol. The van der Waals surface area contributed by atoms with Gasteiger partial charge >= 0.3 is 0 Å². The first-order valence-electron chi connectivity index (χ1n) is 12.5. The first kappa shape index (κ1) is 26.4. The van der Waals surface area contributed by atoms with E-state index < -0.39 is 0 Å². The second-order valence-corrected chi connectivity index (χ2v) is 9.87. The Bertz CT molecular complexity index is 1370. The minimum Gasteiger partial charge on any atom is -0.488 e.